The minimum atomic E-state index is -0.0750. The summed E-state index contributed by atoms with van der Waals surface area (Å²) in [5.41, 5.74) is 2.75. The largest absolute Gasteiger partial charge is 0.490 e. The summed E-state index contributed by atoms with van der Waals surface area (Å²) in [6.45, 7) is 3.34. The molecule has 28 heavy (non-hydrogen) atoms. The normalized spacial score (nSPS) is 18.1. The van der Waals surface area contributed by atoms with Gasteiger partial charge in [0.2, 0.25) is 0 Å². The first-order valence-electron chi connectivity index (χ1n) is 10.7. The Labute approximate surface area is 167 Å². The number of carbonyl (C=O) groups is 1. The first kappa shape index (κ1) is 19.0. The van der Waals surface area contributed by atoms with Crippen LogP contribution in [-0.4, -0.2) is 30.0 Å². The van der Waals surface area contributed by atoms with Crippen LogP contribution in [0.1, 0.15) is 60.9 Å². The van der Waals surface area contributed by atoms with Crippen molar-refractivity contribution in [2.75, 3.05) is 18.4 Å². The van der Waals surface area contributed by atoms with Crippen LogP contribution in [0.3, 0.4) is 0 Å². The first-order valence-corrected chi connectivity index (χ1v) is 10.7. The maximum Gasteiger partial charge on any atom is 0.255 e. The predicted octanol–water partition coefficient (Wildman–Crippen LogP) is 5.25. The highest BCUT2D eigenvalue weighted by molar-refractivity contribution is 6.04. The summed E-state index contributed by atoms with van der Waals surface area (Å²) in [6.07, 6.45) is 9.10. The van der Waals surface area contributed by atoms with Gasteiger partial charge in [-0.1, -0.05) is 18.6 Å². The molecule has 1 saturated heterocycles. The SMILES string of the molecule is O=C(Nc1ccc(OC2CCCC2)cc1)c1ccc(CN2CCCCC2)cc1. The van der Waals surface area contributed by atoms with Crippen LogP contribution in [0.5, 0.6) is 5.75 Å². The summed E-state index contributed by atoms with van der Waals surface area (Å²) in [7, 11) is 0. The van der Waals surface area contributed by atoms with E-state index in [1.165, 1.54) is 50.8 Å². The van der Waals surface area contributed by atoms with Crippen molar-refractivity contribution >= 4 is 11.6 Å². The molecule has 0 radical (unpaired) electrons. The topological polar surface area (TPSA) is 41.6 Å². The van der Waals surface area contributed by atoms with Crippen molar-refractivity contribution in [3.05, 3.63) is 59.7 Å². The summed E-state index contributed by atoms with van der Waals surface area (Å²) in [4.78, 5) is 15.0. The molecule has 0 bridgehead atoms. The van der Waals surface area contributed by atoms with Crippen molar-refractivity contribution in [2.24, 2.45) is 0 Å². The van der Waals surface area contributed by atoms with Crippen molar-refractivity contribution in [3.8, 4) is 5.75 Å². The van der Waals surface area contributed by atoms with Gasteiger partial charge in [-0.2, -0.15) is 0 Å². The average Bonchev–Trinajstić information content (AvgIpc) is 3.24. The Balaban J connectivity index is 1.30. The van der Waals surface area contributed by atoms with Crippen LogP contribution < -0.4 is 10.1 Å². The van der Waals surface area contributed by atoms with Crippen molar-refractivity contribution in [1.29, 1.82) is 0 Å². The van der Waals surface area contributed by atoms with E-state index < -0.39 is 0 Å². The molecule has 0 aromatic heterocycles. The predicted molar refractivity (Wildman–Crippen MR) is 113 cm³/mol. The smallest absolute Gasteiger partial charge is 0.255 e. The first-order chi connectivity index (χ1) is 13.8. The van der Waals surface area contributed by atoms with E-state index in [-0.39, 0.29) is 5.91 Å². The molecule has 1 N–H and O–H groups in total. The Morgan fingerprint density at radius 3 is 2.25 bits per heavy atom. The fourth-order valence-corrected chi connectivity index (χ4v) is 4.16. The Kier molecular flexibility index (Phi) is 6.27. The van der Waals surface area contributed by atoms with E-state index in [0.29, 0.717) is 11.7 Å². The van der Waals surface area contributed by atoms with Crippen molar-refractivity contribution < 1.29 is 9.53 Å². The van der Waals surface area contributed by atoms with Crippen molar-refractivity contribution in [2.45, 2.75) is 57.6 Å². The molecule has 4 nitrogen and oxygen atoms in total. The molecule has 4 rings (SSSR count). The Morgan fingerprint density at radius 2 is 1.57 bits per heavy atom. The van der Waals surface area contributed by atoms with Crippen LogP contribution in [0.2, 0.25) is 0 Å². The maximum absolute atomic E-state index is 12.5. The summed E-state index contributed by atoms with van der Waals surface area (Å²) >= 11 is 0. The zero-order valence-corrected chi connectivity index (χ0v) is 16.5. The average molecular weight is 379 g/mol. The molecule has 1 aliphatic heterocycles. The zero-order chi connectivity index (χ0) is 19.2. The van der Waals surface area contributed by atoms with Crippen LogP contribution in [-0.2, 0) is 6.54 Å². The van der Waals surface area contributed by atoms with Crippen molar-refractivity contribution in [1.82, 2.24) is 4.90 Å². The number of nitrogens with zero attached hydrogens (tertiary/aromatic N) is 1. The highest BCUT2D eigenvalue weighted by Gasteiger charge is 2.16. The molecule has 4 heteroatoms. The second-order valence-corrected chi connectivity index (χ2v) is 8.04. The van der Waals surface area contributed by atoms with E-state index in [2.05, 4.69) is 22.3 Å². The minimum absolute atomic E-state index is 0.0750. The Morgan fingerprint density at radius 1 is 0.893 bits per heavy atom. The number of amides is 1. The number of piperidine rings is 1. The van der Waals surface area contributed by atoms with Crippen molar-refractivity contribution in [3.63, 3.8) is 0 Å². The van der Waals surface area contributed by atoms with Gasteiger partial charge in [0.1, 0.15) is 5.75 Å². The van der Waals surface area contributed by atoms with Gasteiger partial charge in [0, 0.05) is 17.8 Å². The molecule has 2 aliphatic rings. The highest BCUT2D eigenvalue weighted by atomic mass is 16.5. The van der Waals surface area contributed by atoms with E-state index in [0.717, 1.165) is 30.8 Å². The minimum Gasteiger partial charge on any atom is -0.490 e. The number of hydrogen-bond donors (Lipinski definition) is 1. The van der Waals surface area contributed by atoms with Gasteiger partial charge in [-0.15, -0.1) is 0 Å². The molecular weight excluding hydrogens is 348 g/mol. The summed E-state index contributed by atoms with van der Waals surface area (Å²) in [6, 6.07) is 15.7. The molecular formula is C24H30N2O2. The molecule has 1 heterocycles. The lowest BCUT2D eigenvalue weighted by Gasteiger charge is -2.26. The molecule has 2 aromatic carbocycles. The number of benzene rings is 2. The lowest BCUT2D eigenvalue weighted by molar-refractivity contribution is 0.102. The number of rotatable bonds is 6. The fourth-order valence-electron chi connectivity index (χ4n) is 4.16. The van der Waals surface area contributed by atoms with Crippen LogP contribution in [0.4, 0.5) is 5.69 Å². The molecule has 148 valence electrons. The number of anilines is 1. The van der Waals surface area contributed by atoms with Gasteiger partial charge in [0.15, 0.2) is 0 Å². The van der Waals surface area contributed by atoms with E-state index in [9.17, 15) is 4.79 Å². The summed E-state index contributed by atoms with van der Waals surface area (Å²) < 4.78 is 5.98. The monoisotopic (exact) mass is 378 g/mol. The molecule has 2 aromatic rings. The molecule has 0 spiro atoms. The molecule has 1 amide bonds. The van der Waals surface area contributed by atoms with E-state index in [4.69, 9.17) is 4.74 Å². The number of ether oxygens (including phenoxy) is 1. The second-order valence-electron chi connectivity index (χ2n) is 8.04. The third-order valence-electron chi connectivity index (χ3n) is 5.79. The summed E-state index contributed by atoms with van der Waals surface area (Å²) in [5.74, 6) is 0.806. The number of nitrogens with one attached hydrogen (secondary N) is 1. The lowest BCUT2D eigenvalue weighted by atomic mass is 10.1. The van der Waals surface area contributed by atoms with Gasteiger partial charge < -0.3 is 10.1 Å². The van der Waals surface area contributed by atoms with Gasteiger partial charge in [-0.05, 0) is 93.6 Å². The van der Waals surface area contributed by atoms with Gasteiger partial charge in [-0.25, -0.2) is 0 Å². The maximum atomic E-state index is 12.5. The number of carbonyl (C=O) groups excluding carboxylic acids is 1. The number of hydrogen-bond acceptors (Lipinski definition) is 3. The Bertz CT molecular complexity index is 758. The standard InChI is InChI=1S/C24H30N2O2/c27-24(20-10-8-19(9-11-20)18-26-16-4-1-5-17-26)25-21-12-14-23(15-13-21)28-22-6-2-3-7-22/h8-15,22H,1-7,16-18H2,(H,25,27). The Hall–Kier alpha value is -2.33. The van der Waals surface area contributed by atoms with Crippen LogP contribution in [0, 0.1) is 0 Å². The van der Waals surface area contributed by atoms with Gasteiger partial charge in [0.25, 0.3) is 5.91 Å². The van der Waals surface area contributed by atoms with Gasteiger partial charge >= 0.3 is 0 Å². The molecule has 1 saturated carbocycles. The van der Waals surface area contributed by atoms with Crippen LogP contribution in [0.25, 0.3) is 0 Å². The molecule has 1 aliphatic carbocycles. The fraction of sp³-hybridized carbons (Fsp3) is 0.458. The second kappa shape index (κ2) is 9.24. The number of likely N-dealkylation sites (tertiary alicyclic amines) is 1. The van der Waals surface area contributed by atoms with Crippen LogP contribution in [0.15, 0.2) is 48.5 Å². The van der Waals surface area contributed by atoms with E-state index in [1.54, 1.807) is 0 Å². The highest BCUT2D eigenvalue weighted by Crippen LogP contribution is 2.25. The molecule has 0 atom stereocenters. The zero-order valence-electron chi connectivity index (χ0n) is 16.5. The van der Waals surface area contributed by atoms with Crippen LogP contribution >= 0.6 is 0 Å². The van der Waals surface area contributed by atoms with E-state index >= 15 is 0 Å². The lowest BCUT2D eigenvalue weighted by Crippen LogP contribution is -2.29. The quantitative estimate of drug-likeness (QED) is 0.747. The molecule has 0 unspecified atom stereocenters. The van der Waals surface area contributed by atoms with Gasteiger partial charge in [0.05, 0.1) is 6.10 Å². The summed E-state index contributed by atoms with van der Waals surface area (Å²) in [5, 5.41) is 2.98. The van der Waals surface area contributed by atoms with Gasteiger partial charge in [-0.3, -0.25) is 9.69 Å². The third-order valence-corrected chi connectivity index (χ3v) is 5.79. The molecule has 2 fully saturated rings. The van der Waals surface area contributed by atoms with E-state index in [1.807, 2.05) is 36.4 Å². The third kappa shape index (κ3) is 5.14.